The van der Waals surface area contributed by atoms with Gasteiger partial charge in [0, 0.05) is 62.8 Å². The number of phenols is 1. The highest BCUT2D eigenvalue weighted by atomic mass is 16.5. The number of carbonyl (C=O) groups excluding carboxylic acids is 1. The standard InChI is InChI=1S/C21H27N3O5/c1-15-18(25)3-2-17-16(12-20(27)29-21(15)17)13-22-4-6-24(7-5-22)19(26)14-23-8-10-28-11-9-23/h2-3,12,25H,4-11,13-14H2,1H3. The Kier molecular flexibility index (Phi) is 5.84. The fraction of sp³-hybridized carbons (Fsp3) is 0.524. The molecule has 0 spiro atoms. The molecule has 4 rings (SSSR count). The number of hydrogen-bond donors (Lipinski definition) is 1. The van der Waals surface area contributed by atoms with Crippen LogP contribution in [0.25, 0.3) is 11.0 Å². The van der Waals surface area contributed by atoms with Gasteiger partial charge >= 0.3 is 5.63 Å². The lowest BCUT2D eigenvalue weighted by Gasteiger charge is -2.36. The number of nitrogens with zero attached hydrogens (tertiary/aromatic N) is 3. The van der Waals surface area contributed by atoms with Crippen LogP contribution in [-0.2, 0) is 16.1 Å². The van der Waals surface area contributed by atoms with Gasteiger partial charge < -0.3 is 19.2 Å². The van der Waals surface area contributed by atoms with Gasteiger partial charge in [-0.1, -0.05) is 0 Å². The fourth-order valence-corrected chi connectivity index (χ4v) is 3.99. The van der Waals surface area contributed by atoms with Crippen molar-refractivity contribution in [3.63, 3.8) is 0 Å². The van der Waals surface area contributed by atoms with Crippen LogP contribution in [0.5, 0.6) is 5.75 Å². The third-order valence-corrected chi connectivity index (χ3v) is 5.80. The Bertz CT molecular complexity index is 943. The number of benzene rings is 1. The molecular weight excluding hydrogens is 374 g/mol. The lowest BCUT2D eigenvalue weighted by Crippen LogP contribution is -2.52. The minimum absolute atomic E-state index is 0.116. The minimum atomic E-state index is -0.416. The molecule has 29 heavy (non-hydrogen) atoms. The number of amides is 1. The summed E-state index contributed by atoms with van der Waals surface area (Å²) in [5.74, 6) is 0.286. The van der Waals surface area contributed by atoms with Gasteiger partial charge in [-0.25, -0.2) is 4.79 Å². The van der Waals surface area contributed by atoms with Crippen molar-refractivity contribution < 1.29 is 19.1 Å². The van der Waals surface area contributed by atoms with E-state index in [1.165, 1.54) is 6.07 Å². The van der Waals surface area contributed by atoms with Gasteiger partial charge in [0.15, 0.2) is 0 Å². The topological polar surface area (TPSA) is 86.5 Å². The molecule has 3 heterocycles. The lowest BCUT2D eigenvalue weighted by molar-refractivity contribution is -0.135. The van der Waals surface area contributed by atoms with Crippen molar-refractivity contribution in [2.24, 2.45) is 0 Å². The van der Waals surface area contributed by atoms with Gasteiger partial charge in [-0.15, -0.1) is 0 Å². The summed E-state index contributed by atoms with van der Waals surface area (Å²) in [7, 11) is 0. The number of ether oxygens (including phenoxy) is 1. The van der Waals surface area contributed by atoms with Gasteiger partial charge in [0.1, 0.15) is 11.3 Å². The lowest BCUT2D eigenvalue weighted by atomic mass is 10.1. The van der Waals surface area contributed by atoms with Crippen molar-refractivity contribution in [3.05, 3.63) is 39.7 Å². The third kappa shape index (κ3) is 4.44. The summed E-state index contributed by atoms with van der Waals surface area (Å²) in [5, 5.41) is 10.7. The van der Waals surface area contributed by atoms with E-state index in [0.717, 1.165) is 37.1 Å². The van der Waals surface area contributed by atoms with Gasteiger partial charge in [0.25, 0.3) is 0 Å². The molecule has 2 fully saturated rings. The number of piperazine rings is 1. The summed E-state index contributed by atoms with van der Waals surface area (Å²) in [4.78, 5) is 30.9. The van der Waals surface area contributed by atoms with Crippen LogP contribution < -0.4 is 5.63 Å². The smallest absolute Gasteiger partial charge is 0.336 e. The second-order valence-corrected chi connectivity index (χ2v) is 7.72. The summed E-state index contributed by atoms with van der Waals surface area (Å²) >= 11 is 0. The van der Waals surface area contributed by atoms with Gasteiger partial charge in [0.05, 0.1) is 19.8 Å². The van der Waals surface area contributed by atoms with Gasteiger partial charge in [0.2, 0.25) is 5.91 Å². The van der Waals surface area contributed by atoms with E-state index in [2.05, 4.69) is 9.80 Å². The molecule has 8 heteroatoms. The van der Waals surface area contributed by atoms with Crippen LogP contribution in [0.4, 0.5) is 0 Å². The first-order valence-electron chi connectivity index (χ1n) is 10.1. The molecule has 2 saturated heterocycles. The first-order valence-corrected chi connectivity index (χ1v) is 10.1. The zero-order valence-corrected chi connectivity index (χ0v) is 16.7. The molecule has 156 valence electrons. The maximum atomic E-state index is 12.6. The van der Waals surface area contributed by atoms with Crippen molar-refractivity contribution in [2.45, 2.75) is 13.5 Å². The number of rotatable bonds is 4. The second-order valence-electron chi connectivity index (χ2n) is 7.72. The average Bonchev–Trinajstić information content (AvgIpc) is 2.72. The van der Waals surface area contributed by atoms with E-state index >= 15 is 0 Å². The molecule has 0 bridgehead atoms. The average molecular weight is 401 g/mol. The van der Waals surface area contributed by atoms with E-state index in [4.69, 9.17) is 9.15 Å². The first-order chi connectivity index (χ1) is 14.0. The molecule has 2 aliphatic rings. The highest BCUT2D eigenvalue weighted by Crippen LogP contribution is 2.28. The van der Waals surface area contributed by atoms with E-state index in [9.17, 15) is 14.7 Å². The van der Waals surface area contributed by atoms with Crippen molar-refractivity contribution >= 4 is 16.9 Å². The number of phenolic OH excluding ortho intramolecular Hbond substituents is 1. The van der Waals surface area contributed by atoms with Crippen LogP contribution in [0, 0.1) is 6.92 Å². The highest BCUT2D eigenvalue weighted by Gasteiger charge is 2.24. The summed E-state index contributed by atoms with van der Waals surface area (Å²) in [6.45, 7) is 8.69. The molecule has 0 atom stereocenters. The number of morpholine rings is 1. The quantitative estimate of drug-likeness (QED) is 0.758. The van der Waals surface area contributed by atoms with Crippen molar-refractivity contribution in [2.75, 3.05) is 59.0 Å². The predicted molar refractivity (Wildman–Crippen MR) is 108 cm³/mol. The molecule has 1 N–H and O–H groups in total. The third-order valence-electron chi connectivity index (χ3n) is 5.80. The van der Waals surface area contributed by atoms with Gasteiger partial charge in [-0.3, -0.25) is 14.6 Å². The maximum Gasteiger partial charge on any atom is 0.336 e. The Morgan fingerprint density at radius 2 is 1.79 bits per heavy atom. The van der Waals surface area contributed by atoms with Crippen LogP contribution in [0.2, 0.25) is 0 Å². The van der Waals surface area contributed by atoms with E-state index in [1.54, 1.807) is 19.1 Å². The Hall–Kier alpha value is -2.42. The molecule has 2 aliphatic heterocycles. The van der Waals surface area contributed by atoms with Crippen LogP contribution in [0.1, 0.15) is 11.1 Å². The normalized spacial score (nSPS) is 19.0. The molecule has 1 aromatic heterocycles. The van der Waals surface area contributed by atoms with E-state index in [0.29, 0.717) is 50.5 Å². The van der Waals surface area contributed by atoms with Crippen LogP contribution in [-0.4, -0.2) is 84.7 Å². The number of aryl methyl sites for hydroxylation is 1. The van der Waals surface area contributed by atoms with Crippen molar-refractivity contribution in [1.29, 1.82) is 0 Å². The first kappa shape index (κ1) is 19.9. The zero-order valence-electron chi connectivity index (χ0n) is 16.7. The molecular formula is C21H27N3O5. The SMILES string of the molecule is Cc1c(O)ccc2c(CN3CCN(C(=O)CN4CCOCC4)CC3)cc(=O)oc12. The largest absolute Gasteiger partial charge is 0.508 e. The van der Waals surface area contributed by atoms with Crippen LogP contribution in [0.3, 0.4) is 0 Å². The van der Waals surface area contributed by atoms with Crippen molar-refractivity contribution in [3.8, 4) is 5.75 Å². The predicted octanol–water partition coefficient (Wildman–Crippen LogP) is 0.783. The van der Waals surface area contributed by atoms with E-state index in [1.807, 2.05) is 4.90 Å². The summed E-state index contributed by atoms with van der Waals surface area (Å²) in [6.07, 6.45) is 0. The highest BCUT2D eigenvalue weighted by molar-refractivity contribution is 5.84. The molecule has 0 saturated carbocycles. The van der Waals surface area contributed by atoms with Crippen molar-refractivity contribution in [1.82, 2.24) is 14.7 Å². The summed E-state index contributed by atoms with van der Waals surface area (Å²) in [6, 6.07) is 4.94. The Morgan fingerprint density at radius 3 is 2.52 bits per heavy atom. The van der Waals surface area contributed by atoms with Crippen LogP contribution >= 0.6 is 0 Å². The van der Waals surface area contributed by atoms with Gasteiger partial charge in [-0.05, 0) is 24.6 Å². The minimum Gasteiger partial charge on any atom is -0.508 e. The molecule has 0 radical (unpaired) electrons. The molecule has 0 aliphatic carbocycles. The fourth-order valence-electron chi connectivity index (χ4n) is 3.99. The Labute approximate surface area is 169 Å². The monoisotopic (exact) mass is 401 g/mol. The molecule has 2 aromatic rings. The molecule has 8 nitrogen and oxygen atoms in total. The number of fused-ring (bicyclic) bond motifs is 1. The summed E-state index contributed by atoms with van der Waals surface area (Å²) in [5.41, 5.74) is 1.47. The number of aromatic hydroxyl groups is 1. The number of carbonyl (C=O) groups is 1. The molecule has 1 aromatic carbocycles. The summed E-state index contributed by atoms with van der Waals surface area (Å²) < 4.78 is 10.7. The zero-order chi connectivity index (χ0) is 20.4. The number of hydrogen-bond acceptors (Lipinski definition) is 7. The molecule has 1 amide bonds. The Balaban J connectivity index is 1.39. The second kappa shape index (κ2) is 8.52. The van der Waals surface area contributed by atoms with Gasteiger partial charge in [-0.2, -0.15) is 0 Å². The Morgan fingerprint density at radius 1 is 1.07 bits per heavy atom. The maximum absolute atomic E-state index is 12.6. The van der Waals surface area contributed by atoms with E-state index < -0.39 is 5.63 Å². The molecule has 0 unspecified atom stereocenters. The van der Waals surface area contributed by atoms with Crippen LogP contribution in [0.15, 0.2) is 27.4 Å². The van der Waals surface area contributed by atoms with E-state index in [-0.39, 0.29) is 11.7 Å².